The fraction of sp³-hybridized carbons (Fsp3) is 0.333. The van der Waals surface area contributed by atoms with Crippen LogP contribution in [0.15, 0.2) is 28.8 Å². The quantitative estimate of drug-likeness (QED) is 0.457. The molecule has 0 unspecified atom stereocenters. The Balaban J connectivity index is 1.64. The Morgan fingerprint density at radius 1 is 1.07 bits per heavy atom. The lowest BCUT2D eigenvalue weighted by molar-refractivity contribution is -0.159. The molecule has 2 heterocycles. The Morgan fingerprint density at radius 3 is 2.36 bits per heavy atom. The van der Waals surface area contributed by atoms with Gasteiger partial charge < -0.3 is 9.26 Å². The molecule has 0 radical (unpaired) electrons. The average molecular weight is 396 g/mol. The van der Waals surface area contributed by atoms with Gasteiger partial charge >= 0.3 is 12.1 Å². The Labute approximate surface area is 157 Å². The van der Waals surface area contributed by atoms with Gasteiger partial charge in [-0.1, -0.05) is 5.16 Å². The van der Waals surface area contributed by atoms with Crippen LogP contribution in [0.5, 0.6) is 5.75 Å². The summed E-state index contributed by atoms with van der Waals surface area (Å²) in [5.41, 5.74) is 2.45. The predicted octanol–water partition coefficient (Wildman–Crippen LogP) is 4.31. The van der Waals surface area contributed by atoms with Gasteiger partial charge in [0, 0.05) is 5.56 Å². The first-order valence-electron chi connectivity index (χ1n) is 8.37. The Hall–Kier alpha value is -3.04. The van der Waals surface area contributed by atoms with E-state index in [-0.39, 0.29) is 5.82 Å². The SMILES string of the molecule is Cc1cc(OCCCc2ccc(F)nn2)cc(C)c1-c1noc(C(F)(F)F)n1. The van der Waals surface area contributed by atoms with Crippen LogP contribution in [0.2, 0.25) is 0 Å². The van der Waals surface area contributed by atoms with Crippen molar-refractivity contribution < 1.29 is 26.8 Å². The summed E-state index contributed by atoms with van der Waals surface area (Å²) < 4.78 is 60.7. The van der Waals surface area contributed by atoms with E-state index in [2.05, 4.69) is 24.9 Å². The molecule has 10 heteroatoms. The molecule has 0 saturated carbocycles. The number of aromatic nitrogens is 4. The van der Waals surface area contributed by atoms with E-state index in [1.54, 1.807) is 32.0 Å². The van der Waals surface area contributed by atoms with Crippen molar-refractivity contribution in [3.63, 3.8) is 0 Å². The lowest BCUT2D eigenvalue weighted by atomic mass is 10.0. The number of alkyl halides is 3. The fourth-order valence-electron chi connectivity index (χ4n) is 2.72. The fourth-order valence-corrected chi connectivity index (χ4v) is 2.72. The number of nitrogens with zero attached hydrogens (tertiary/aromatic N) is 4. The third-order valence-corrected chi connectivity index (χ3v) is 3.93. The van der Waals surface area contributed by atoms with Gasteiger partial charge in [-0.05, 0) is 62.1 Å². The van der Waals surface area contributed by atoms with Crippen molar-refractivity contribution in [1.82, 2.24) is 20.3 Å². The molecule has 3 rings (SSSR count). The summed E-state index contributed by atoms with van der Waals surface area (Å²) in [4.78, 5) is 3.44. The molecule has 0 spiro atoms. The van der Waals surface area contributed by atoms with Gasteiger partial charge in [0.1, 0.15) is 5.75 Å². The van der Waals surface area contributed by atoms with Gasteiger partial charge in [-0.15, -0.1) is 5.10 Å². The highest BCUT2D eigenvalue weighted by atomic mass is 19.4. The average Bonchev–Trinajstić information content (AvgIpc) is 3.10. The zero-order valence-corrected chi connectivity index (χ0v) is 15.0. The molecule has 2 aromatic heterocycles. The third kappa shape index (κ3) is 4.62. The molecule has 1 aromatic carbocycles. The first-order chi connectivity index (χ1) is 13.2. The minimum Gasteiger partial charge on any atom is -0.494 e. The first-order valence-corrected chi connectivity index (χ1v) is 8.37. The summed E-state index contributed by atoms with van der Waals surface area (Å²) >= 11 is 0. The Kier molecular flexibility index (Phi) is 5.57. The van der Waals surface area contributed by atoms with Crippen LogP contribution in [-0.2, 0) is 12.6 Å². The second-order valence-corrected chi connectivity index (χ2v) is 6.15. The van der Waals surface area contributed by atoms with E-state index in [0.29, 0.717) is 47.6 Å². The van der Waals surface area contributed by atoms with Gasteiger partial charge in [-0.2, -0.15) is 27.6 Å². The molecule has 0 N–H and O–H groups in total. The first kappa shape index (κ1) is 19.7. The van der Waals surface area contributed by atoms with Crippen LogP contribution >= 0.6 is 0 Å². The number of hydrogen-bond donors (Lipinski definition) is 0. The lowest BCUT2D eigenvalue weighted by Gasteiger charge is -2.11. The number of rotatable bonds is 6. The highest BCUT2D eigenvalue weighted by Gasteiger charge is 2.38. The number of hydrogen-bond acceptors (Lipinski definition) is 6. The normalized spacial score (nSPS) is 11.6. The molecule has 6 nitrogen and oxygen atoms in total. The summed E-state index contributed by atoms with van der Waals surface area (Å²) in [7, 11) is 0. The minimum absolute atomic E-state index is 0.122. The van der Waals surface area contributed by atoms with Crippen molar-refractivity contribution in [3.8, 4) is 17.1 Å². The van der Waals surface area contributed by atoms with Gasteiger partial charge in [-0.3, -0.25) is 0 Å². The molecule has 0 aliphatic rings. The standard InChI is InChI=1S/C18H16F4N4O2/c1-10-8-13(27-7-3-4-12-5-6-14(19)25-24-12)9-11(2)15(10)16-23-17(28-26-16)18(20,21)22/h5-6,8-9H,3-4,7H2,1-2H3. The molecular weight excluding hydrogens is 380 g/mol. The van der Waals surface area contributed by atoms with Crippen LogP contribution in [-0.4, -0.2) is 26.9 Å². The highest BCUT2D eigenvalue weighted by Crippen LogP contribution is 2.33. The molecule has 0 amide bonds. The van der Waals surface area contributed by atoms with Crippen molar-refractivity contribution in [2.75, 3.05) is 6.61 Å². The molecule has 0 aliphatic carbocycles. The number of halogens is 4. The van der Waals surface area contributed by atoms with Gasteiger partial charge in [-0.25, -0.2) is 0 Å². The zero-order chi connectivity index (χ0) is 20.3. The van der Waals surface area contributed by atoms with Crippen molar-refractivity contribution >= 4 is 0 Å². The van der Waals surface area contributed by atoms with Gasteiger partial charge in [0.15, 0.2) is 0 Å². The van der Waals surface area contributed by atoms with E-state index >= 15 is 0 Å². The van der Waals surface area contributed by atoms with Crippen LogP contribution in [0.3, 0.4) is 0 Å². The van der Waals surface area contributed by atoms with Crippen molar-refractivity contribution in [3.05, 3.63) is 52.9 Å². The van der Waals surface area contributed by atoms with E-state index in [0.717, 1.165) is 0 Å². The molecule has 28 heavy (non-hydrogen) atoms. The second-order valence-electron chi connectivity index (χ2n) is 6.15. The second kappa shape index (κ2) is 7.91. The Morgan fingerprint density at radius 2 is 1.79 bits per heavy atom. The lowest BCUT2D eigenvalue weighted by Crippen LogP contribution is -2.05. The van der Waals surface area contributed by atoms with Gasteiger partial charge in [0.2, 0.25) is 11.8 Å². The third-order valence-electron chi connectivity index (χ3n) is 3.93. The summed E-state index contributed by atoms with van der Waals surface area (Å²) in [6, 6.07) is 6.20. The van der Waals surface area contributed by atoms with Gasteiger partial charge in [0.25, 0.3) is 0 Å². The topological polar surface area (TPSA) is 73.9 Å². The highest BCUT2D eigenvalue weighted by molar-refractivity contribution is 5.65. The van der Waals surface area contributed by atoms with Crippen LogP contribution in [0.4, 0.5) is 17.6 Å². The largest absolute Gasteiger partial charge is 0.494 e. The number of ether oxygens (including phenoxy) is 1. The monoisotopic (exact) mass is 396 g/mol. The van der Waals surface area contributed by atoms with E-state index in [9.17, 15) is 17.6 Å². The molecule has 0 atom stereocenters. The van der Waals surface area contributed by atoms with Crippen molar-refractivity contribution in [2.24, 2.45) is 0 Å². The van der Waals surface area contributed by atoms with Crippen LogP contribution in [0.1, 0.15) is 29.1 Å². The summed E-state index contributed by atoms with van der Waals surface area (Å²) in [6.45, 7) is 3.84. The predicted molar refractivity (Wildman–Crippen MR) is 90.0 cm³/mol. The summed E-state index contributed by atoms with van der Waals surface area (Å²) in [5.74, 6) is -1.56. The summed E-state index contributed by atoms with van der Waals surface area (Å²) in [6.07, 6.45) is -3.47. The maximum atomic E-state index is 12.7. The number of benzene rings is 1. The van der Waals surface area contributed by atoms with E-state index in [1.807, 2.05) is 0 Å². The van der Waals surface area contributed by atoms with Crippen molar-refractivity contribution in [2.45, 2.75) is 32.9 Å². The molecule has 148 valence electrons. The van der Waals surface area contributed by atoms with Crippen LogP contribution < -0.4 is 4.74 Å². The summed E-state index contributed by atoms with van der Waals surface area (Å²) in [5, 5.41) is 10.5. The van der Waals surface area contributed by atoms with E-state index < -0.39 is 18.0 Å². The maximum absolute atomic E-state index is 12.7. The number of aryl methyl sites for hydroxylation is 3. The molecule has 3 aromatic rings. The minimum atomic E-state index is -4.69. The van der Waals surface area contributed by atoms with Crippen LogP contribution in [0.25, 0.3) is 11.4 Å². The van der Waals surface area contributed by atoms with E-state index in [1.165, 1.54) is 6.07 Å². The molecule has 0 bridgehead atoms. The van der Waals surface area contributed by atoms with Crippen LogP contribution in [0, 0.1) is 19.8 Å². The Bertz CT molecular complexity index is 932. The van der Waals surface area contributed by atoms with E-state index in [4.69, 9.17) is 4.74 Å². The molecule has 0 fully saturated rings. The molecule has 0 saturated heterocycles. The molecule has 0 aliphatic heterocycles. The zero-order valence-electron chi connectivity index (χ0n) is 15.0. The van der Waals surface area contributed by atoms with Gasteiger partial charge in [0.05, 0.1) is 12.3 Å². The molecular formula is C18H16F4N4O2. The van der Waals surface area contributed by atoms with Crippen molar-refractivity contribution in [1.29, 1.82) is 0 Å². The smallest absolute Gasteiger partial charge is 0.471 e. The maximum Gasteiger partial charge on any atom is 0.471 e.